The van der Waals surface area contributed by atoms with Crippen LogP contribution in [0.3, 0.4) is 0 Å². The van der Waals surface area contributed by atoms with Crippen LogP contribution in [0.2, 0.25) is 0 Å². The summed E-state index contributed by atoms with van der Waals surface area (Å²) >= 11 is 0. The molecule has 1 amide bonds. The molecule has 0 atom stereocenters. The Morgan fingerprint density at radius 3 is 2.82 bits per heavy atom. The van der Waals surface area contributed by atoms with Gasteiger partial charge in [-0.05, 0) is 13.0 Å². The van der Waals surface area contributed by atoms with Gasteiger partial charge in [0.15, 0.2) is 5.65 Å². The van der Waals surface area contributed by atoms with Gasteiger partial charge >= 0.3 is 0 Å². The van der Waals surface area contributed by atoms with Crippen molar-refractivity contribution in [3.63, 3.8) is 0 Å². The molecule has 28 heavy (non-hydrogen) atoms. The van der Waals surface area contributed by atoms with Crippen molar-refractivity contribution >= 4 is 17.1 Å². The van der Waals surface area contributed by atoms with Gasteiger partial charge < -0.3 is 9.47 Å². The van der Waals surface area contributed by atoms with E-state index in [2.05, 4.69) is 20.2 Å². The number of nitrogens with one attached hydrogen (secondary N) is 1. The van der Waals surface area contributed by atoms with Crippen LogP contribution < -0.4 is 0 Å². The first-order valence-electron chi connectivity index (χ1n) is 9.32. The third-order valence-corrected chi connectivity index (χ3v) is 5.48. The Balaban J connectivity index is 1.51. The largest absolute Gasteiger partial charge is 0.334 e. The molecule has 0 saturated carbocycles. The van der Waals surface area contributed by atoms with E-state index in [9.17, 15) is 4.79 Å². The lowest BCUT2D eigenvalue weighted by Crippen LogP contribution is -2.36. The van der Waals surface area contributed by atoms with Crippen molar-refractivity contribution in [3.05, 3.63) is 65.2 Å². The van der Waals surface area contributed by atoms with Crippen LogP contribution in [0.4, 0.5) is 0 Å². The maximum Gasteiger partial charge on any atom is 0.256 e. The molecule has 0 spiro atoms. The monoisotopic (exact) mass is 372 g/mol. The molecule has 7 nitrogen and oxygen atoms in total. The molecule has 1 N–H and O–H groups in total. The van der Waals surface area contributed by atoms with Gasteiger partial charge in [0.2, 0.25) is 0 Å². The predicted molar refractivity (Wildman–Crippen MR) is 106 cm³/mol. The van der Waals surface area contributed by atoms with Crippen LogP contribution in [0, 0.1) is 6.92 Å². The summed E-state index contributed by atoms with van der Waals surface area (Å²) in [5.74, 6) is 0.821. The van der Waals surface area contributed by atoms with Crippen molar-refractivity contribution in [1.82, 2.24) is 29.6 Å². The number of aromatic amines is 1. The number of aryl methyl sites for hydroxylation is 2. The van der Waals surface area contributed by atoms with Crippen molar-refractivity contribution in [2.45, 2.75) is 19.9 Å². The molecule has 1 aliphatic heterocycles. The lowest BCUT2D eigenvalue weighted by Gasteiger charge is -2.27. The fraction of sp³-hybridized carbons (Fsp3) is 0.238. The van der Waals surface area contributed by atoms with Gasteiger partial charge in [0.05, 0.1) is 11.3 Å². The Kier molecular flexibility index (Phi) is 3.75. The van der Waals surface area contributed by atoms with Crippen molar-refractivity contribution < 1.29 is 4.79 Å². The van der Waals surface area contributed by atoms with Crippen LogP contribution in [-0.4, -0.2) is 42.1 Å². The number of H-pyrrole nitrogens is 1. The molecule has 0 unspecified atom stereocenters. The number of hydrogen-bond donors (Lipinski definition) is 1. The highest BCUT2D eigenvalue weighted by Crippen LogP contribution is 2.29. The highest BCUT2D eigenvalue weighted by atomic mass is 16.2. The third kappa shape index (κ3) is 2.51. The maximum absolute atomic E-state index is 13.3. The highest BCUT2D eigenvalue weighted by molar-refractivity contribution is 6.04. The number of carbonyl (C=O) groups excluding carboxylic acids is 1. The molecule has 0 radical (unpaired) electrons. The minimum atomic E-state index is -0.0173. The van der Waals surface area contributed by atoms with E-state index in [4.69, 9.17) is 0 Å². The normalized spacial score (nSPS) is 13.7. The van der Waals surface area contributed by atoms with Crippen LogP contribution in [0.15, 0.2) is 42.6 Å². The number of imidazole rings is 1. The van der Waals surface area contributed by atoms with Crippen molar-refractivity contribution in [2.24, 2.45) is 7.05 Å². The molecule has 0 bridgehead atoms. The summed E-state index contributed by atoms with van der Waals surface area (Å²) in [6.45, 7) is 3.10. The average Bonchev–Trinajstić information content (AvgIpc) is 3.28. The topological polar surface area (TPSA) is 79.7 Å². The van der Waals surface area contributed by atoms with Gasteiger partial charge in [-0.25, -0.2) is 9.97 Å². The van der Waals surface area contributed by atoms with E-state index in [-0.39, 0.29) is 5.91 Å². The summed E-state index contributed by atoms with van der Waals surface area (Å²) in [6, 6.07) is 11.8. The van der Waals surface area contributed by atoms with Crippen molar-refractivity contribution in [2.75, 3.05) is 6.54 Å². The molecule has 7 heteroatoms. The minimum absolute atomic E-state index is 0.0173. The van der Waals surface area contributed by atoms with E-state index in [1.807, 2.05) is 53.8 Å². The molecule has 0 aliphatic carbocycles. The van der Waals surface area contributed by atoms with E-state index < -0.39 is 0 Å². The molecule has 3 aromatic heterocycles. The van der Waals surface area contributed by atoms with Gasteiger partial charge in [0, 0.05) is 49.6 Å². The van der Waals surface area contributed by atoms with Gasteiger partial charge in [-0.1, -0.05) is 30.3 Å². The Morgan fingerprint density at radius 2 is 2.00 bits per heavy atom. The van der Waals surface area contributed by atoms with Crippen LogP contribution in [0.5, 0.6) is 0 Å². The fourth-order valence-corrected chi connectivity index (χ4v) is 3.83. The first kappa shape index (κ1) is 16.7. The predicted octanol–water partition coefficient (Wildman–Crippen LogP) is 2.87. The Bertz CT molecular complexity index is 1190. The van der Waals surface area contributed by atoms with Crippen molar-refractivity contribution in [1.29, 1.82) is 0 Å². The van der Waals surface area contributed by atoms with E-state index in [0.717, 1.165) is 40.4 Å². The molecule has 1 aromatic carbocycles. The van der Waals surface area contributed by atoms with Crippen LogP contribution in [0.1, 0.15) is 27.4 Å². The van der Waals surface area contributed by atoms with E-state index in [1.54, 1.807) is 12.3 Å². The maximum atomic E-state index is 13.3. The standard InChI is InChI=1S/C21H20N6O/c1-13-23-19-15(8-10-22-20(19)26(13)2)21(28)27-11-9-17-16(12-27)18(25-24-17)14-6-4-3-5-7-14/h3-8,10H,9,11-12H2,1-2H3,(H,24,25). The number of rotatable bonds is 2. The highest BCUT2D eigenvalue weighted by Gasteiger charge is 2.28. The van der Waals surface area contributed by atoms with Gasteiger partial charge in [-0.2, -0.15) is 5.10 Å². The van der Waals surface area contributed by atoms with Crippen LogP contribution in [-0.2, 0) is 20.0 Å². The molecule has 5 rings (SSSR count). The van der Waals surface area contributed by atoms with E-state index >= 15 is 0 Å². The van der Waals surface area contributed by atoms with Crippen LogP contribution >= 0.6 is 0 Å². The number of aromatic nitrogens is 5. The van der Waals surface area contributed by atoms with E-state index in [1.165, 1.54) is 0 Å². The molecule has 140 valence electrons. The number of carbonyl (C=O) groups is 1. The Hall–Kier alpha value is -3.48. The number of amides is 1. The number of benzene rings is 1. The zero-order valence-corrected chi connectivity index (χ0v) is 15.8. The summed E-state index contributed by atoms with van der Waals surface area (Å²) in [7, 11) is 1.91. The number of nitrogens with zero attached hydrogens (tertiary/aromatic N) is 5. The SMILES string of the molecule is Cc1nc2c(C(=O)N3CCc4[nH]nc(-c5ccccc5)c4C3)ccnc2n1C. The van der Waals surface area contributed by atoms with Crippen LogP contribution in [0.25, 0.3) is 22.4 Å². The molecule has 1 aliphatic rings. The summed E-state index contributed by atoms with van der Waals surface area (Å²) in [6.07, 6.45) is 2.44. The fourth-order valence-electron chi connectivity index (χ4n) is 3.83. The second kappa shape index (κ2) is 6.30. The van der Waals surface area contributed by atoms with Gasteiger partial charge in [0.1, 0.15) is 11.3 Å². The molecule has 4 heterocycles. The number of fused-ring (bicyclic) bond motifs is 2. The average molecular weight is 372 g/mol. The molecule has 0 fully saturated rings. The lowest BCUT2D eigenvalue weighted by molar-refractivity contribution is 0.0736. The molecular weight excluding hydrogens is 352 g/mol. The van der Waals surface area contributed by atoms with Gasteiger partial charge in [0.25, 0.3) is 5.91 Å². The first-order valence-corrected chi connectivity index (χ1v) is 9.32. The Morgan fingerprint density at radius 1 is 1.18 bits per heavy atom. The summed E-state index contributed by atoms with van der Waals surface area (Å²) in [5.41, 5.74) is 6.16. The zero-order valence-electron chi connectivity index (χ0n) is 15.8. The summed E-state index contributed by atoms with van der Waals surface area (Å²) < 4.78 is 1.91. The van der Waals surface area contributed by atoms with Gasteiger partial charge in [-0.3, -0.25) is 9.89 Å². The summed E-state index contributed by atoms with van der Waals surface area (Å²) in [4.78, 5) is 24.2. The zero-order chi connectivity index (χ0) is 19.3. The Labute approximate surface area is 162 Å². The lowest BCUT2D eigenvalue weighted by atomic mass is 10.0. The second-order valence-corrected chi connectivity index (χ2v) is 7.12. The van der Waals surface area contributed by atoms with Gasteiger partial charge in [-0.15, -0.1) is 0 Å². The smallest absolute Gasteiger partial charge is 0.256 e. The quantitative estimate of drug-likeness (QED) is 0.587. The first-order chi connectivity index (χ1) is 13.6. The summed E-state index contributed by atoms with van der Waals surface area (Å²) in [5, 5.41) is 7.66. The second-order valence-electron chi connectivity index (χ2n) is 7.12. The number of pyridine rings is 1. The third-order valence-electron chi connectivity index (χ3n) is 5.48. The van der Waals surface area contributed by atoms with E-state index in [0.29, 0.717) is 24.2 Å². The molecule has 0 saturated heterocycles. The van der Waals surface area contributed by atoms with Crippen molar-refractivity contribution in [3.8, 4) is 11.3 Å². The molecular formula is C21H20N6O. The minimum Gasteiger partial charge on any atom is -0.334 e. The molecule has 4 aromatic rings. The number of hydrogen-bond acceptors (Lipinski definition) is 4.